The molecule has 5 nitrogen and oxygen atoms in total. The molecule has 0 aliphatic rings. The Balaban J connectivity index is 2.04. The van der Waals surface area contributed by atoms with Crippen LogP contribution in [0.4, 0.5) is 0 Å². The Morgan fingerprint density at radius 1 is 1.10 bits per heavy atom. The summed E-state index contributed by atoms with van der Waals surface area (Å²) in [7, 11) is 1.58. The summed E-state index contributed by atoms with van der Waals surface area (Å²) in [5.41, 5.74) is 1.30. The van der Waals surface area contributed by atoms with Crippen molar-refractivity contribution in [2.24, 2.45) is 0 Å². The summed E-state index contributed by atoms with van der Waals surface area (Å²) in [6.07, 6.45) is 0. The topological polar surface area (TPSA) is 75.6 Å². The van der Waals surface area contributed by atoms with Crippen molar-refractivity contribution in [2.75, 3.05) is 7.11 Å². The molecule has 5 heteroatoms. The number of hydrogen-bond donors (Lipinski definition) is 2. The zero-order chi connectivity index (χ0) is 15.2. The normalized spacial score (nSPS) is 9.95. The first-order valence-electron chi connectivity index (χ1n) is 6.34. The number of nitrogens with one attached hydrogen (secondary N) is 1. The highest BCUT2D eigenvalue weighted by Crippen LogP contribution is 2.12. The number of hydrogen-bond acceptors (Lipinski definition) is 3. The third kappa shape index (κ3) is 3.82. The first-order chi connectivity index (χ1) is 10.1. The summed E-state index contributed by atoms with van der Waals surface area (Å²) in [4.78, 5) is 22.9. The van der Waals surface area contributed by atoms with Crippen LogP contribution < -0.4 is 10.1 Å². The molecule has 0 fully saturated rings. The molecule has 2 aromatic rings. The van der Waals surface area contributed by atoms with Gasteiger partial charge in [-0.1, -0.05) is 18.2 Å². The Morgan fingerprint density at radius 3 is 2.52 bits per heavy atom. The van der Waals surface area contributed by atoms with Crippen molar-refractivity contribution in [1.82, 2.24) is 5.32 Å². The van der Waals surface area contributed by atoms with Gasteiger partial charge in [0.1, 0.15) is 5.75 Å². The predicted molar refractivity (Wildman–Crippen MR) is 77.6 cm³/mol. The molecule has 0 aliphatic carbocycles. The average molecular weight is 285 g/mol. The van der Waals surface area contributed by atoms with Gasteiger partial charge in [0, 0.05) is 12.1 Å². The molecule has 0 heterocycles. The first-order valence-corrected chi connectivity index (χ1v) is 6.34. The smallest absolute Gasteiger partial charge is 0.335 e. The molecule has 2 rings (SSSR count). The van der Waals surface area contributed by atoms with Gasteiger partial charge in [-0.2, -0.15) is 0 Å². The van der Waals surface area contributed by atoms with Crippen LogP contribution in [0.5, 0.6) is 5.75 Å². The zero-order valence-electron chi connectivity index (χ0n) is 11.5. The third-order valence-corrected chi connectivity index (χ3v) is 2.96. The summed E-state index contributed by atoms with van der Waals surface area (Å²) in [5, 5.41) is 11.7. The summed E-state index contributed by atoms with van der Waals surface area (Å²) in [6, 6.07) is 13.3. The van der Waals surface area contributed by atoms with Crippen LogP contribution in [0.3, 0.4) is 0 Å². The zero-order valence-corrected chi connectivity index (χ0v) is 11.5. The van der Waals surface area contributed by atoms with Crippen LogP contribution in [0.1, 0.15) is 26.3 Å². The van der Waals surface area contributed by atoms with E-state index in [2.05, 4.69) is 5.32 Å². The second kappa shape index (κ2) is 6.56. The molecule has 0 saturated heterocycles. The number of rotatable bonds is 5. The van der Waals surface area contributed by atoms with E-state index in [1.54, 1.807) is 19.2 Å². The Morgan fingerprint density at radius 2 is 1.81 bits per heavy atom. The Hall–Kier alpha value is -2.82. The number of carbonyl (C=O) groups is 2. The largest absolute Gasteiger partial charge is 0.497 e. The molecular weight excluding hydrogens is 270 g/mol. The molecule has 2 N–H and O–H groups in total. The highest BCUT2D eigenvalue weighted by Gasteiger charge is 2.09. The Labute approximate surface area is 122 Å². The first kappa shape index (κ1) is 14.6. The van der Waals surface area contributed by atoms with Crippen molar-refractivity contribution >= 4 is 11.9 Å². The lowest BCUT2D eigenvalue weighted by Gasteiger charge is -2.07. The summed E-state index contributed by atoms with van der Waals surface area (Å²) in [6.45, 7) is 0.341. The minimum Gasteiger partial charge on any atom is -0.497 e. The van der Waals surface area contributed by atoms with Gasteiger partial charge in [0.05, 0.1) is 12.7 Å². The minimum atomic E-state index is -1.06. The molecule has 0 bridgehead atoms. The number of carboxylic acids is 1. The molecule has 1 amide bonds. The van der Waals surface area contributed by atoms with Crippen molar-refractivity contribution in [1.29, 1.82) is 0 Å². The van der Waals surface area contributed by atoms with Crippen LogP contribution in [0.25, 0.3) is 0 Å². The van der Waals surface area contributed by atoms with Crippen LogP contribution in [0.2, 0.25) is 0 Å². The maximum absolute atomic E-state index is 12.0. The summed E-state index contributed by atoms with van der Waals surface area (Å²) in [5.74, 6) is -0.659. The minimum absolute atomic E-state index is 0.0871. The molecule has 0 unspecified atom stereocenters. The number of carbonyl (C=O) groups excluding carboxylic acids is 1. The average Bonchev–Trinajstić information content (AvgIpc) is 2.53. The van der Waals surface area contributed by atoms with Crippen LogP contribution >= 0.6 is 0 Å². The van der Waals surface area contributed by atoms with Gasteiger partial charge in [-0.05, 0) is 35.9 Å². The van der Waals surface area contributed by atoms with E-state index in [0.717, 1.165) is 11.3 Å². The maximum Gasteiger partial charge on any atom is 0.335 e. The Bertz CT molecular complexity index is 667. The highest BCUT2D eigenvalue weighted by molar-refractivity contribution is 5.97. The lowest BCUT2D eigenvalue weighted by atomic mass is 10.1. The fraction of sp³-hybridized carbons (Fsp3) is 0.125. The van der Waals surface area contributed by atoms with Gasteiger partial charge >= 0.3 is 5.97 Å². The van der Waals surface area contributed by atoms with Crippen molar-refractivity contribution < 1.29 is 19.4 Å². The van der Waals surface area contributed by atoms with E-state index in [0.29, 0.717) is 12.1 Å². The lowest BCUT2D eigenvalue weighted by Crippen LogP contribution is -2.23. The number of aromatic carboxylic acids is 1. The van der Waals surface area contributed by atoms with E-state index >= 15 is 0 Å². The van der Waals surface area contributed by atoms with Crippen molar-refractivity contribution in [3.05, 3.63) is 65.2 Å². The molecule has 108 valence electrons. The van der Waals surface area contributed by atoms with Crippen molar-refractivity contribution in [3.63, 3.8) is 0 Å². The molecule has 0 atom stereocenters. The SMILES string of the molecule is COc1cccc(CNC(=O)c2cccc(C(=O)O)c2)c1. The van der Waals surface area contributed by atoms with Crippen LogP contribution in [-0.4, -0.2) is 24.1 Å². The van der Waals surface area contributed by atoms with Gasteiger partial charge in [-0.25, -0.2) is 4.79 Å². The molecular formula is C16H15NO4. The van der Waals surface area contributed by atoms with Gasteiger partial charge in [0.2, 0.25) is 0 Å². The standard InChI is InChI=1S/C16H15NO4/c1-21-14-7-2-4-11(8-14)10-17-15(18)12-5-3-6-13(9-12)16(19)20/h2-9H,10H2,1H3,(H,17,18)(H,19,20). The molecule has 0 aromatic heterocycles. The molecule has 21 heavy (non-hydrogen) atoms. The van der Waals surface area contributed by atoms with Crippen molar-refractivity contribution in [3.8, 4) is 5.75 Å². The maximum atomic E-state index is 12.0. The Kier molecular flexibility index (Phi) is 4.56. The summed E-state index contributed by atoms with van der Waals surface area (Å²) < 4.78 is 5.11. The lowest BCUT2D eigenvalue weighted by molar-refractivity contribution is 0.0697. The van der Waals surface area contributed by atoms with Crippen molar-refractivity contribution in [2.45, 2.75) is 6.54 Å². The molecule has 2 aromatic carbocycles. The van der Waals surface area contributed by atoms with Gasteiger partial charge in [-0.15, -0.1) is 0 Å². The second-order valence-corrected chi connectivity index (χ2v) is 4.42. The van der Waals surface area contributed by atoms with E-state index in [4.69, 9.17) is 9.84 Å². The number of benzene rings is 2. The van der Waals surface area contributed by atoms with E-state index in [1.165, 1.54) is 12.1 Å². The van der Waals surface area contributed by atoms with Gasteiger partial charge in [0.25, 0.3) is 5.91 Å². The van der Waals surface area contributed by atoms with Crippen LogP contribution in [0.15, 0.2) is 48.5 Å². The molecule has 0 radical (unpaired) electrons. The second-order valence-electron chi connectivity index (χ2n) is 4.42. The van der Waals surface area contributed by atoms with E-state index in [9.17, 15) is 9.59 Å². The molecule has 0 spiro atoms. The molecule has 0 aliphatic heterocycles. The third-order valence-electron chi connectivity index (χ3n) is 2.96. The number of ether oxygens (including phenoxy) is 1. The highest BCUT2D eigenvalue weighted by atomic mass is 16.5. The van der Waals surface area contributed by atoms with Gasteiger partial charge in [-0.3, -0.25) is 4.79 Å². The fourth-order valence-electron chi connectivity index (χ4n) is 1.86. The molecule has 0 saturated carbocycles. The fourth-order valence-corrected chi connectivity index (χ4v) is 1.86. The van der Waals surface area contributed by atoms with E-state index < -0.39 is 5.97 Å². The predicted octanol–water partition coefficient (Wildman–Crippen LogP) is 2.32. The number of methoxy groups -OCH3 is 1. The monoisotopic (exact) mass is 285 g/mol. The summed E-state index contributed by atoms with van der Waals surface area (Å²) >= 11 is 0. The number of amides is 1. The van der Waals surface area contributed by atoms with E-state index in [-0.39, 0.29) is 11.5 Å². The van der Waals surface area contributed by atoms with Crippen LogP contribution in [0, 0.1) is 0 Å². The van der Waals surface area contributed by atoms with Gasteiger partial charge in [0.15, 0.2) is 0 Å². The number of carboxylic acid groups (broad SMARTS) is 1. The quantitative estimate of drug-likeness (QED) is 0.884. The van der Waals surface area contributed by atoms with E-state index in [1.807, 2.05) is 24.3 Å². The van der Waals surface area contributed by atoms with Crippen LogP contribution in [-0.2, 0) is 6.54 Å². The van der Waals surface area contributed by atoms with Gasteiger partial charge < -0.3 is 15.2 Å².